The van der Waals surface area contributed by atoms with Gasteiger partial charge in [0.15, 0.2) is 0 Å². The van der Waals surface area contributed by atoms with Crippen LogP contribution in [0.1, 0.15) is 42.4 Å². The number of nitrogens with one attached hydrogen (secondary N) is 2. The Hall–Kier alpha value is -5.10. The Morgan fingerprint density at radius 1 is 0.949 bits per heavy atom. The van der Waals surface area contributed by atoms with Crippen molar-refractivity contribution in [2.45, 2.75) is 33.1 Å². The van der Waals surface area contributed by atoms with Crippen molar-refractivity contribution in [3.8, 4) is 28.3 Å². The molecule has 3 aromatic heterocycles. The Bertz CT molecular complexity index is 1700. The number of pyridine rings is 3. The second-order valence-electron chi connectivity index (χ2n) is 9.82. The highest BCUT2D eigenvalue weighted by Crippen LogP contribution is 2.30. The molecule has 0 spiro atoms. The van der Waals surface area contributed by atoms with E-state index in [-0.39, 0.29) is 17.4 Å². The average molecular weight is 521 g/mol. The van der Waals surface area contributed by atoms with Crippen molar-refractivity contribution in [1.82, 2.24) is 14.5 Å². The van der Waals surface area contributed by atoms with Crippen LogP contribution in [-0.2, 0) is 17.3 Å². The van der Waals surface area contributed by atoms with E-state index >= 15 is 0 Å². The molecule has 0 fully saturated rings. The van der Waals surface area contributed by atoms with Gasteiger partial charge in [-0.05, 0) is 85.5 Å². The van der Waals surface area contributed by atoms with E-state index in [9.17, 15) is 19.6 Å². The molecule has 3 heterocycles. The third-order valence-corrected chi connectivity index (χ3v) is 6.31. The van der Waals surface area contributed by atoms with Crippen molar-refractivity contribution in [2.75, 3.05) is 10.6 Å². The molecule has 9 nitrogen and oxygen atoms in total. The number of anilines is 2. The largest absolute Gasteiger partial charge is 0.322 e. The molecule has 0 unspecified atom stereocenters. The van der Waals surface area contributed by atoms with Gasteiger partial charge in [-0.15, -0.1) is 0 Å². The summed E-state index contributed by atoms with van der Waals surface area (Å²) < 4.78 is 1.50. The minimum absolute atomic E-state index is 0.199. The maximum atomic E-state index is 13.1. The molecule has 0 atom stereocenters. The van der Waals surface area contributed by atoms with E-state index in [1.54, 1.807) is 57.4 Å². The molecule has 0 radical (unpaired) electrons. The van der Waals surface area contributed by atoms with Gasteiger partial charge in [-0.1, -0.05) is 6.07 Å². The fourth-order valence-corrected chi connectivity index (χ4v) is 4.10. The van der Waals surface area contributed by atoms with Crippen LogP contribution in [-0.4, -0.2) is 26.3 Å². The van der Waals surface area contributed by atoms with Gasteiger partial charge in [0.1, 0.15) is 5.82 Å². The molecule has 0 aliphatic carbocycles. The first-order valence-electron chi connectivity index (χ1n) is 12.2. The zero-order chi connectivity index (χ0) is 28.3. The number of amides is 2. The van der Waals surface area contributed by atoms with Gasteiger partial charge in [0.05, 0.1) is 17.2 Å². The number of carbonyl (C=O) groups excluding carboxylic acids is 2. The number of hydrogen-bond acceptors (Lipinski definition) is 6. The Morgan fingerprint density at radius 2 is 1.69 bits per heavy atom. The van der Waals surface area contributed by atoms with Crippen molar-refractivity contribution < 1.29 is 9.59 Å². The summed E-state index contributed by atoms with van der Waals surface area (Å²) in [6.07, 6.45) is 4.80. The number of aryl methyl sites for hydroxylation is 2. The highest BCUT2D eigenvalue weighted by atomic mass is 16.2. The Morgan fingerprint density at radius 3 is 2.41 bits per heavy atom. The molecule has 2 N–H and O–H groups in total. The zero-order valence-electron chi connectivity index (χ0n) is 22.4. The molecule has 4 rings (SSSR count). The predicted octanol–water partition coefficient (Wildman–Crippen LogP) is 4.83. The number of rotatable bonds is 6. The standard InChI is InChI=1S/C30H28N6O3/c1-18-6-7-23(35-28(38)21-9-10-32-26(13-21)30(3,4)17-31)15-24(18)22-12-25(29(39)36(5)16-22)20-8-11-33-27(14-20)34-19(2)37/h6-16H,1-5H3,(H,35,38)(H,33,34,37). The average Bonchev–Trinajstić information content (AvgIpc) is 2.91. The summed E-state index contributed by atoms with van der Waals surface area (Å²) in [7, 11) is 1.68. The first-order valence-corrected chi connectivity index (χ1v) is 12.2. The lowest BCUT2D eigenvalue weighted by Gasteiger charge is -2.16. The Labute approximate surface area is 226 Å². The molecule has 9 heteroatoms. The topological polar surface area (TPSA) is 130 Å². The molecular formula is C30H28N6O3. The van der Waals surface area contributed by atoms with Gasteiger partial charge in [-0.2, -0.15) is 5.26 Å². The lowest BCUT2D eigenvalue weighted by atomic mass is 9.90. The van der Waals surface area contributed by atoms with E-state index in [2.05, 4.69) is 26.7 Å². The minimum atomic E-state index is -0.827. The summed E-state index contributed by atoms with van der Waals surface area (Å²) in [5.41, 5.74) is 4.08. The lowest BCUT2D eigenvalue weighted by molar-refractivity contribution is -0.114. The van der Waals surface area contributed by atoms with E-state index < -0.39 is 5.41 Å². The maximum absolute atomic E-state index is 13.1. The van der Waals surface area contributed by atoms with Crippen LogP contribution in [0.2, 0.25) is 0 Å². The smallest absolute Gasteiger partial charge is 0.258 e. The van der Waals surface area contributed by atoms with Crippen LogP contribution in [0, 0.1) is 18.3 Å². The molecule has 0 bridgehead atoms. The SMILES string of the molecule is CC(=O)Nc1cc(-c2cc(-c3cc(NC(=O)c4ccnc(C(C)(C)C#N)c4)ccc3C)cn(C)c2=O)ccn1. The number of nitriles is 1. The van der Waals surface area contributed by atoms with Crippen LogP contribution in [0.4, 0.5) is 11.5 Å². The van der Waals surface area contributed by atoms with Crippen LogP contribution in [0.25, 0.3) is 22.3 Å². The highest BCUT2D eigenvalue weighted by Gasteiger charge is 2.22. The van der Waals surface area contributed by atoms with E-state index in [1.807, 2.05) is 25.1 Å². The number of benzene rings is 1. The summed E-state index contributed by atoms with van der Waals surface area (Å²) in [6.45, 7) is 6.84. The van der Waals surface area contributed by atoms with Gasteiger partial charge in [0.2, 0.25) is 5.91 Å². The normalized spacial score (nSPS) is 11.0. The maximum Gasteiger partial charge on any atom is 0.258 e. The molecule has 39 heavy (non-hydrogen) atoms. The van der Waals surface area contributed by atoms with Crippen molar-refractivity contribution in [3.05, 3.63) is 94.3 Å². The van der Waals surface area contributed by atoms with Gasteiger partial charge in [0.25, 0.3) is 11.5 Å². The lowest BCUT2D eigenvalue weighted by Crippen LogP contribution is -2.19. The summed E-state index contributed by atoms with van der Waals surface area (Å²) in [5, 5.41) is 15.0. The number of aromatic nitrogens is 3. The van der Waals surface area contributed by atoms with Crippen LogP contribution in [0.5, 0.6) is 0 Å². The quantitative estimate of drug-likeness (QED) is 0.375. The van der Waals surface area contributed by atoms with Crippen molar-refractivity contribution >= 4 is 23.3 Å². The number of carbonyl (C=O) groups is 2. The predicted molar refractivity (Wildman–Crippen MR) is 150 cm³/mol. The van der Waals surface area contributed by atoms with E-state index in [4.69, 9.17) is 0 Å². The van der Waals surface area contributed by atoms with E-state index in [1.165, 1.54) is 23.9 Å². The molecule has 0 aliphatic heterocycles. The van der Waals surface area contributed by atoms with Crippen molar-refractivity contribution in [2.24, 2.45) is 7.05 Å². The number of hydrogen-bond donors (Lipinski definition) is 2. The van der Waals surface area contributed by atoms with Crippen molar-refractivity contribution in [1.29, 1.82) is 5.26 Å². The van der Waals surface area contributed by atoms with Gasteiger partial charge in [-0.25, -0.2) is 4.98 Å². The zero-order valence-corrected chi connectivity index (χ0v) is 22.4. The fourth-order valence-electron chi connectivity index (χ4n) is 4.10. The fraction of sp³-hybridized carbons (Fsp3) is 0.200. The summed E-state index contributed by atoms with van der Waals surface area (Å²) >= 11 is 0. The van der Waals surface area contributed by atoms with Gasteiger partial charge >= 0.3 is 0 Å². The van der Waals surface area contributed by atoms with Crippen LogP contribution < -0.4 is 16.2 Å². The van der Waals surface area contributed by atoms with Crippen LogP contribution >= 0.6 is 0 Å². The molecular weight excluding hydrogens is 492 g/mol. The molecule has 4 aromatic rings. The summed E-state index contributed by atoms with van der Waals surface area (Å²) in [4.78, 5) is 45.9. The van der Waals surface area contributed by atoms with Gasteiger partial charge in [-0.3, -0.25) is 19.4 Å². The monoisotopic (exact) mass is 520 g/mol. The first-order chi connectivity index (χ1) is 18.5. The summed E-state index contributed by atoms with van der Waals surface area (Å²) in [5.74, 6) is -0.232. The van der Waals surface area contributed by atoms with Gasteiger partial charge < -0.3 is 15.2 Å². The minimum Gasteiger partial charge on any atom is -0.322 e. The van der Waals surface area contributed by atoms with E-state index in [0.717, 1.165) is 16.7 Å². The molecule has 0 saturated heterocycles. The van der Waals surface area contributed by atoms with Crippen LogP contribution in [0.15, 0.2) is 71.9 Å². The third-order valence-electron chi connectivity index (χ3n) is 6.31. The second-order valence-corrected chi connectivity index (χ2v) is 9.82. The molecule has 196 valence electrons. The molecule has 1 aromatic carbocycles. The van der Waals surface area contributed by atoms with Crippen LogP contribution in [0.3, 0.4) is 0 Å². The van der Waals surface area contributed by atoms with E-state index in [0.29, 0.717) is 33.9 Å². The molecule has 0 saturated carbocycles. The Kier molecular flexibility index (Phi) is 7.40. The highest BCUT2D eigenvalue weighted by molar-refractivity contribution is 6.04. The molecule has 0 aliphatic rings. The Balaban J connectivity index is 1.70. The van der Waals surface area contributed by atoms with Crippen molar-refractivity contribution in [3.63, 3.8) is 0 Å². The first kappa shape index (κ1) is 26.9. The molecule has 2 amide bonds. The third kappa shape index (κ3) is 5.91. The number of nitrogens with zero attached hydrogens (tertiary/aromatic N) is 4. The second kappa shape index (κ2) is 10.7. The van der Waals surface area contributed by atoms with Gasteiger partial charge in [0, 0.05) is 49.4 Å². The summed E-state index contributed by atoms with van der Waals surface area (Å²) in [6, 6.07) is 16.1.